The molecule has 4 rings (SSSR count). The summed E-state index contributed by atoms with van der Waals surface area (Å²) in [7, 11) is 1.67. The highest BCUT2D eigenvalue weighted by atomic mass is 19.1. The van der Waals surface area contributed by atoms with Crippen LogP contribution in [0.5, 0.6) is 0 Å². The fraction of sp³-hybridized carbons (Fsp3) is 0.344. The van der Waals surface area contributed by atoms with Gasteiger partial charge in [-0.1, -0.05) is 37.5 Å². The Labute approximate surface area is 240 Å². The Bertz CT molecular complexity index is 1430. The number of hydrogen-bond acceptors (Lipinski definition) is 4. The summed E-state index contributed by atoms with van der Waals surface area (Å²) >= 11 is 0. The van der Waals surface area contributed by atoms with Crippen LogP contribution in [0.3, 0.4) is 0 Å². The molecule has 1 aromatic heterocycles. The number of hydrogen-bond donors (Lipinski definition) is 2. The Hall–Kier alpha value is -4.45. The number of nitrogens with zero attached hydrogens (tertiary/aromatic N) is 3. The van der Waals surface area contributed by atoms with E-state index >= 15 is 0 Å². The number of nitrogens with one attached hydrogen (secondary N) is 1. The van der Waals surface area contributed by atoms with Crippen LogP contribution in [-0.2, 0) is 11.2 Å². The van der Waals surface area contributed by atoms with E-state index < -0.39 is 11.6 Å². The predicted octanol–water partition coefficient (Wildman–Crippen LogP) is 5.08. The number of aromatic nitrogens is 1. The van der Waals surface area contributed by atoms with Gasteiger partial charge in [-0.3, -0.25) is 9.59 Å². The van der Waals surface area contributed by atoms with E-state index in [1.807, 2.05) is 22.9 Å². The average Bonchev–Trinajstić information content (AvgIpc) is 3.37. The van der Waals surface area contributed by atoms with Crippen molar-refractivity contribution < 1.29 is 18.4 Å². The highest BCUT2D eigenvalue weighted by molar-refractivity contribution is 6.04. The number of halogens is 2. The summed E-state index contributed by atoms with van der Waals surface area (Å²) in [5.41, 5.74) is 13.2. The lowest BCUT2D eigenvalue weighted by Gasteiger charge is -2.31. The third-order valence-corrected chi connectivity index (χ3v) is 7.00. The molecule has 3 N–H and O–H groups in total. The van der Waals surface area contributed by atoms with Crippen molar-refractivity contribution in [2.75, 3.05) is 20.1 Å². The summed E-state index contributed by atoms with van der Waals surface area (Å²) in [5.74, 6) is 4.40. The Morgan fingerprint density at radius 1 is 1.20 bits per heavy atom. The lowest BCUT2D eigenvalue weighted by atomic mass is 9.89. The first-order chi connectivity index (χ1) is 19.7. The number of aldehydes is 1. The number of likely N-dealkylation sites (tertiary alicyclic amines) is 1. The maximum absolute atomic E-state index is 12.3. The highest BCUT2D eigenvalue weighted by Gasteiger charge is 2.29. The minimum Gasteiger partial charge on any atom is -0.381 e. The molecule has 216 valence electrons. The summed E-state index contributed by atoms with van der Waals surface area (Å²) < 4.78 is 26.6. The van der Waals surface area contributed by atoms with Crippen LogP contribution in [0, 0.1) is 30.4 Å². The zero-order valence-corrected chi connectivity index (χ0v) is 24.0. The van der Waals surface area contributed by atoms with Crippen molar-refractivity contribution in [1.29, 1.82) is 0 Å². The molecular weight excluding hydrogens is 524 g/mol. The van der Waals surface area contributed by atoms with Crippen molar-refractivity contribution in [3.8, 4) is 17.5 Å². The second-order valence-electron chi connectivity index (χ2n) is 9.78. The molecule has 7 nitrogen and oxygen atoms in total. The monoisotopic (exact) mass is 561 g/mol. The van der Waals surface area contributed by atoms with E-state index in [4.69, 9.17) is 5.73 Å². The fourth-order valence-corrected chi connectivity index (χ4v) is 4.92. The van der Waals surface area contributed by atoms with Gasteiger partial charge in [-0.2, -0.15) is 5.10 Å². The summed E-state index contributed by atoms with van der Waals surface area (Å²) in [4.78, 5) is 26.4. The minimum atomic E-state index is -0.491. The zero-order valence-electron chi connectivity index (χ0n) is 24.0. The molecule has 0 saturated carbocycles. The van der Waals surface area contributed by atoms with Crippen molar-refractivity contribution in [1.82, 2.24) is 14.9 Å². The molecule has 9 heteroatoms. The fourth-order valence-electron chi connectivity index (χ4n) is 4.92. The number of piperidine rings is 1. The van der Waals surface area contributed by atoms with Gasteiger partial charge in [0.1, 0.15) is 17.3 Å². The van der Waals surface area contributed by atoms with Gasteiger partial charge >= 0.3 is 0 Å². The third-order valence-electron chi connectivity index (χ3n) is 7.00. The molecule has 1 fully saturated rings. The number of carbonyl (C=O) groups excluding carboxylic acids is 2. The van der Waals surface area contributed by atoms with Gasteiger partial charge in [0, 0.05) is 49.1 Å². The van der Waals surface area contributed by atoms with Crippen LogP contribution in [0.1, 0.15) is 71.8 Å². The van der Waals surface area contributed by atoms with E-state index in [1.54, 1.807) is 18.9 Å². The molecule has 0 bridgehead atoms. The molecule has 1 aliphatic rings. The summed E-state index contributed by atoms with van der Waals surface area (Å²) in [6.07, 6.45) is 6.64. The number of aryl methyl sites for hydroxylation is 1. The topological polar surface area (TPSA) is 92.7 Å². The number of rotatable bonds is 7. The molecule has 0 radical (unpaired) electrons. The molecule has 1 unspecified atom stereocenters. The number of carbonyl (C=O) groups is 2. The lowest BCUT2D eigenvalue weighted by molar-refractivity contribution is -0.126. The van der Waals surface area contributed by atoms with Crippen LogP contribution in [0.15, 0.2) is 53.8 Å². The van der Waals surface area contributed by atoms with Crippen LogP contribution in [0.25, 0.3) is 5.69 Å². The third kappa shape index (κ3) is 7.60. The van der Waals surface area contributed by atoms with Crippen LogP contribution in [0.4, 0.5) is 8.78 Å². The molecule has 3 aromatic rings. The first-order valence-corrected chi connectivity index (χ1v) is 13.7. The van der Waals surface area contributed by atoms with Crippen molar-refractivity contribution in [3.63, 3.8) is 0 Å². The Kier molecular flexibility index (Phi) is 11.2. The number of amides is 1. The molecule has 41 heavy (non-hydrogen) atoms. The van der Waals surface area contributed by atoms with Gasteiger partial charge in [0.05, 0.1) is 0 Å². The normalized spacial score (nSPS) is 14.8. The molecule has 1 aliphatic heterocycles. The van der Waals surface area contributed by atoms with Crippen LogP contribution in [-0.4, -0.2) is 47.6 Å². The van der Waals surface area contributed by atoms with Crippen LogP contribution >= 0.6 is 0 Å². The first-order valence-electron chi connectivity index (χ1n) is 13.7. The first kappa shape index (κ1) is 31.1. The van der Waals surface area contributed by atoms with Gasteiger partial charge in [0.25, 0.3) is 5.91 Å². The lowest BCUT2D eigenvalue weighted by Crippen LogP contribution is -2.38. The Morgan fingerprint density at radius 3 is 2.44 bits per heavy atom. The molecule has 0 spiro atoms. The predicted molar refractivity (Wildman–Crippen MR) is 158 cm³/mol. The molecule has 2 aromatic carbocycles. The number of amidine groups is 1. The molecule has 2 heterocycles. The smallest absolute Gasteiger partial charge is 0.298 e. The van der Waals surface area contributed by atoms with E-state index in [0.717, 1.165) is 43.2 Å². The van der Waals surface area contributed by atoms with Gasteiger partial charge in [-0.15, -0.1) is 0 Å². The molecule has 1 atom stereocenters. The zero-order chi connectivity index (χ0) is 29.9. The number of hydrazone groups is 1. The second-order valence-corrected chi connectivity index (χ2v) is 9.78. The van der Waals surface area contributed by atoms with Gasteiger partial charge in [-0.05, 0) is 74.4 Å². The Balaban J connectivity index is 0.000000436. The maximum Gasteiger partial charge on any atom is 0.298 e. The van der Waals surface area contributed by atoms with E-state index in [2.05, 4.69) is 41.4 Å². The highest BCUT2D eigenvalue weighted by Crippen LogP contribution is 2.33. The molecule has 0 aliphatic carbocycles. The average molecular weight is 562 g/mol. The summed E-state index contributed by atoms with van der Waals surface area (Å²) in [5, 5.41) is 4.14. The maximum atomic E-state index is 12.3. The number of benzene rings is 2. The van der Waals surface area contributed by atoms with E-state index in [0.29, 0.717) is 24.3 Å². The standard InChI is InChI=1S/C25H31N5O2.C7H6F2/c1-4-7-18-10-12-20(13-11-18)30-16-21(22(17-31)24(30)25(26)28-27-3)19-9-6-14-29(15-19)23(32)8-5-2;1-5-6(8)3-2-4-7(5)9/h10-13,16-17,19,27H,4,6-7,9,14-15H2,1-3H3,(H2,26,28);2-4H,1H3. The van der Waals surface area contributed by atoms with Gasteiger partial charge < -0.3 is 20.6 Å². The number of nitrogens with two attached hydrogens (primary N) is 1. The van der Waals surface area contributed by atoms with Crippen molar-refractivity contribution in [3.05, 3.63) is 88.2 Å². The summed E-state index contributed by atoms with van der Waals surface area (Å²) in [6, 6.07) is 12.1. The quantitative estimate of drug-likeness (QED) is 0.138. The Morgan fingerprint density at radius 2 is 1.88 bits per heavy atom. The largest absolute Gasteiger partial charge is 0.381 e. The second kappa shape index (κ2) is 14.8. The van der Waals surface area contributed by atoms with E-state index in [9.17, 15) is 18.4 Å². The molecule has 1 amide bonds. The van der Waals surface area contributed by atoms with E-state index in [1.165, 1.54) is 30.7 Å². The van der Waals surface area contributed by atoms with Crippen molar-refractivity contribution in [2.24, 2.45) is 10.8 Å². The van der Waals surface area contributed by atoms with Crippen LogP contribution in [0.2, 0.25) is 0 Å². The van der Waals surface area contributed by atoms with Crippen LogP contribution < -0.4 is 11.2 Å². The minimum absolute atomic E-state index is 0.0216. The molecule has 1 saturated heterocycles. The SMILES string of the molecule is CC#CC(=O)N1CCCC(c2cn(-c3ccc(CCC)cc3)c(/C(N)=N\NC)c2C=O)C1.Cc1c(F)cccc1F. The van der Waals surface area contributed by atoms with Gasteiger partial charge in [0.2, 0.25) is 0 Å². The molecular formula is C32H37F2N5O2. The van der Waals surface area contributed by atoms with Gasteiger partial charge in [-0.25, -0.2) is 8.78 Å². The summed E-state index contributed by atoms with van der Waals surface area (Å²) in [6.45, 7) is 6.42. The van der Waals surface area contributed by atoms with Crippen molar-refractivity contribution >= 4 is 18.0 Å². The van der Waals surface area contributed by atoms with Crippen molar-refractivity contribution in [2.45, 2.75) is 52.4 Å². The van der Waals surface area contributed by atoms with Gasteiger partial charge in [0.15, 0.2) is 12.1 Å². The van der Waals surface area contributed by atoms with E-state index in [-0.39, 0.29) is 23.2 Å².